The minimum Gasteiger partial charge on any atom is -0.379 e. The van der Waals surface area contributed by atoms with E-state index < -0.39 is 17.9 Å². The van der Waals surface area contributed by atoms with Gasteiger partial charge in [0.15, 0.2) is 5.69 Å². The van der Waals surface area contributed by atoms with Gasteiger partial charge in [0.05, 0.1) is 18.1 Å². The molecule has 0 aromatic carbocycles. The van der Waals surface area contributed by atoms with Crippen molar-refractivity contribution in [1.82, 2.24) is 25.5 Å². The van der Waals surface area contributed by atoms with Crippen LogP contribution in [0.25, 0.3) is 10.6 Å². The number of carbonyl (C=O) groups is 1. The molecular weight excluding hydrogens is 513 g/mol. The molecule has 0 aliphatic carbocycles. The maximum Gasteiger partial charge on any atom is 0.434 e. The Morgan fingerprint density at radius 3 is 2.78 bits per heavy atom. The van der Waals surface area contributed by atoms with Gasteiger partial charge in [-0.15, -0.1) is 11.3 Å². The third kappa shape index (κ3) is 6.85. The molecule has 0 atom stereocenters. The summed E-state index contributed by atoms with van der Waals surface area (Å²) in [5.74, 6) is 0.211. The zero-order valence-electron chi connectivity index (χ0n) is 17.4. The molecule has 32 heavy (non-hydrogen) atoms. The van der Waals surface area contributed by atoms with Gasteiger partial charge in [0.2, 0.25) is 0 Å². The molecule has 1 aliphatic heterocycles. The molecule has 3 heterocycles. The first-order chi connectivity index (χ1) is 15.3. The lowest BCUT2D eigenvalue weighted by atomic mass is 10.2. The number of halogens is 4. The van der Waals surface area contributed by atoms with E-state index in [0.29, 0.717) is 36.3 Å². The topological polar surface area (TPSA) is 91.4 Å². The number of nitrogens with one attached hydrogen (secondary N) is 3. The number of hydrogen-bond donors (Lipinski definition) is 3. The van der Waals surface area contributed by atoms with Gasteiger partial charge in [-0.2, -0.15) is 13.2 Å². The van der Waals surface area contributed by atoms with Crippen LogP contribution in [0, 0.1) is 0 Å². The smallest absolute Gasteiger partial charge is 0.379 e. The molecule has 0 unspecified atom stereocenters. The van der Waals surface area contributed by atoms with Gasteiger partial charge in [0, 0.05) is 55.5 Å². The fraction of sp³-hybridized carbons (Fsp3) is 0.526. The average molecular weight is 537 g/mol. The number of urea groups is 1. The second kappa shape index (κ2) is 11.4. The summed E-state index contributed by atoms with van der Waals surface area (Å²) in [6.45, 7) is 6.55. The average Bonchev–Trinajstić information content (AvgIpc) is 3.18. The summed E-state index contributed by atoms with van der Waals surface area (Å²) >= 11 is 4.28. The first kappa shape index (κ1) is 24.8. The number of carbonyl (C=O) groups excluding carboxylic acids is 1. The molecule has 8 nitrogen and oxygen atoms in total. The zero-order valence-corrected chi connectivity index (χ0v) is 19.8. The van der Waals surface area contributed by atoms with Crippen LogP contribution in [0.1, 0.15) is 17.5 Å². The number of morpholine rings is 1. The van der Waals surface area contributed by atoms with Crippen LogP contribution in [0.3, 0.4) is 0 Å². The number of hydrogen-bond acceptors (Lipinski definition) is 7. The van der Waals surface area contributed by atoms with E-state index in [-0.39, 0.29) is 22.2 Å². The van der Waals surface area contributed by atoms with Gasteiger partial charge < -0.3 is 15.4 Å². The van der Waals surface area contributed by atoms with Crippen LogP contribution in [0.2, 0.25) is 0 Å². The molecule has 3 rings (SSSR count). The quantitative estimate of drug-likeness (QED) is 0.447. The third-order valence-electron chi connectivity index (χ3n) is 4.62. The van der Waals surface area contributed by atoms with Crippen molar-refractivity contribution in [2.75, 3.05) is 51.3 Å². The SMILES string of the molecule is CCNC(=O)Nc1cc(-c2nc(C(F)(F)F)c(CNCCN3CCOCC3)s2)c(Br)cn1. The number of pyridine rings is 1. The van der Waals surface area contributed by atoms with Crippen LogP contribution < -0.4 is 16.0 Å². The van der Waals surface area contributed by atoms with Gasteiger partial charge in [0.25, 0.3) is 0 Å². The Bertz CT molecular complexity index is 921. The molecular formula is C19H24BrF3N6O2S. The van der Waals surface area contributed by atoms with Crippen LogP contribution in [-0.4, -0.2) is 66.8 Å². The molecule has 2 aromatic heterocycles. The maximum absolute atomic E-state index is 13.6. The summed E-state index contributed by atoms with van der Waals surface area (Å²) in [6, 6.07) is 1.04. The van der Waals surface area contributed by atoms with E-state index in [1.54, 1.807) is 6.92 Å². The number of amides is 2. The van der Waals surface area contributed by atoms with Crippen LogP contribution in [0.15, 0.2) is 16.7 Å². The summed E-state index contributed by atoms with van der Waals surface area (Å²) in [5.41, 5.74) is -0.486. The van der Waals surface area contributed by atoms with Gasteiger partial charge in [-0.3, -0.25) is 10.2 Å². The molecule has 1 saturated heterocycles. The van der Waals surface area contributed by atoms with E-state index in [0.717, 1.165) is 31.0 Å². The number of nitrogens with zero attached hydrogens (tertiary/aromatic N) is 3. The van der Waals surface area contributed by atoms with Crippen molar-refractivity contribution in [2.24, 2.45) is 0 Å². The first-order valence-corrected chi connectivity index (χ1v) is 11.7. The summed E-state index contributed by atoms with van der Waals surface area (Å²) < 4.78 is 46.6. The molecule has 2 amide bonds. The Morgan fingerprint density at radius 2 is 2.09 bits per heavy atom. The van der Waals surface area contributed by atoms with Gasteiger partial charge in [0.1, 0.15) is 10.8 Å². The van der Waals surface area contributed by atoms with E-state index in [4.69, 9.17) is 4.74 Å². The number of ether oxygens (including phenoxy) is 1. The van der Waals surface area contributed by atoms with E-state index in [1.165, 1.54) is 12.3 Å². The predicted octanol–water partition coefficient (Wildman–Crippen LogP) is 3.55. The van der Waals surface area contributed by atoms with E-state index >= 15 is 0 Å². The Kier molecular flexibility index (Phi) is 8.82. The van der Waals surface area contributed by atoms with Crippen molar-refractivity contribution in [1.29, 1.82) is 0 Å². The highest BCUT2D eigenvalue weighted by Gasteiger charge is 2.37. The second-order valence-electron chi connectivity index (χ2n) is 6.95. The molecule has 0 saturated carbocycles. The predicted molar refractivity (Wildman–Crippen MR) is 120 cm³/mol. The van der Waals surface area contributed by atoms with E-state index in [2.05, 4.69) is 46.7 Å². The lowest BCUT2D eigenvalue weighted by Gasteiger charge is -2.26. The van der Waals surface area contributed by atoms with Crippen molar-refractivity contribution >= 4 is 39.1 Å². The standard InChI is InChI=1S/C19H24BrF3N6O2S/c1-2-25-18(30)27-15-9-12(13(20)10-26-15)17-28-16(19(21,22)23)14(32-17)11-24-3-4-29-5-7-31-8-6-29/h9-10,24H,2-8,11H2,1H3,(H2,25,26,27,30). The fourth-order valence-electron chi connectivity index (χ4n) is 3.06. The van der Waals surface area contributed by atoms with Crippen LogP contribution in [0.5, 0.6) is 0 Å². The van der Waals surface area contributed by atoms with E-state index in [1.807, 2.05) is 0 Å². The van der Waals surface area contributed by atoms with Crippen molar-refractivity contribution in [3.05, 3.63) is 27.3 Å². The molecule has 1 aliphatic rings. The van der Waals surface area contributed by atoms with Crippen LogP contribution in [0.4, 0.5) is 23.8 Å². The summed E-state index contributed by atoms with van der Waals surface area (Å²) in [5, 5.41) is 8.40. The van der Waals surface area contributed by atoms with Crippen molar-refractivity contribution in [3.63, 3.8) is 0 Å². The highest BCUT2D eigenvalue weighted by atomic mass is 79.9. The van der Waals surface area contributed by atoms with E-state index in [9.17, 15) is 18.0 Å². The molecule has 1 fully saturated rings. The summed E-state index contributed by atoms with van der Waals surface area (Å²) in [4.78, 5) is 22.0. The number of anilines is 1. The van der Waals surface area contributed by atoms with Gasteiger partial charge in [-0.05, 0) is 28.9 Å². The molecule has 176 valence electrons. The molecule has 2 aromatic rings. The van der Waals surface area contributed by atoms with Crippen molar-refractivity contribution in [2.45, 2.75) is 19.6 Å². The largest absolute Gasteiger partial charge is 0.434 e. The van der Waals surface area contributed by atoms with Gasteiger partial charge >= 0.3 is 12.2 Å². The Labute approximate surface area is 196 Å². The lowest BCUT2D eigenvalue weighted by Crippen LogP contribution is -2.40. The minimum absolute atomic E-state index is 0.0591. The Balaban J connectivity index is 1.74. The van der Waals surface area contributed by atoms with Crippen LogP contribution in [-0.2, 0) is 17.5 Å². The Hall–Kier alpha value is -1.80. The number of aromatic nitrogens is 2. The normalized spacial score (nSPS) is 15.0. The number of thiazole rings is 1. The van der Waals surface area contributed by atoms with Gasteiger partial charge in [-0.25, -0.2) is 14.8 Å². The fourth-order valence-corrected chi connectivity index (χ4v) is 4.68. The first-order valence-electron chi connectivity index (χ1n) is 10.1. The van der Waals surface area contributed by atoms with Crippen molar-refractivity contribution < 1.29 is 22.7 Å². The maximum atomic E-state index is 13.6. The number of alkyl halides is 3. The Morgan fingerprint density at radius 1 is 1.34 bits per heavy atom. The molecule has 13 heteroatoms. The van der Waals surface area contributed by atoms with Crippen LogP contribution >= 0.6 is 27.3 Å². The molecule has 0 bridgehead atoms. The van der Waals surface area contributed by atoms with Gasteiger partial charge in [-0.1, -0.05) is 0 Å². The highest BCUT2D eigenvalue weighted by molar-refractivity contribution is 9.10. The molecule has 0 radical (unpaired) electrons. The second-order valence-corrected chi connectivity index (χ2v) is 8.89. The summed E-state index contributed by atoms with van der Waals surface area (Å²) in [6.07, 6.45) is -3.15. The van der Waals surface area contributed by atoms with Crippen molar-refractivity contribution in [3.8, 4) is 10.6 Å². The summed E-state index contributed by atoms with van der Waals surface area (Å²) in [7, 11) is 0. The molecule has 3 N–H and O–H groups in total. The minimum atomic E-state index is -4.57. The third-order valence-corrected chi connectivity index (χ3v) is 6.35. The highest BCUT2D eigenvalue weighted by Crippen LogP contribution is 2.40. The molecule has 0 spiro atoms. The lowest BCUT2D eigenvalue weighted by molar-refractivity contribution is -0.141. The number of rotatable bonds is 8. The zero-order chi connectivity index (χ0) is 23.1. The monoisotopic (exact) mass is 536 g/mol.